The quantitative estimate of drug-likeness (QED) is 0.796. The van der Waals surface area contributed by atoms with E-state index in [-0.39, 0.29) is 0 Å². The molecular weight excluding hydrogens is 266 g/mol. The summed E-state index contributed by atoms with van der Waals surface area (Å²) in [5.41, 5.74) is 1.14. The second-order valence-corrected chi connectivity index (χ2v) is 6.12. The van der Waals surface area contributed by atoms with Crippen molar-refractivity contribution in [1.29, 1.82) is 0 Å². The first-order valence-electron chi connectivity index (χ1n) is 7.77. The van der Waals surface area contributed by atoms with E-state index in [1.165, 1.54) is 12.8 Å². The van der Waals surface area contributed by atoms with Gasteiger partial charge >= 0.3 is 6.01 Å². The molecule has 0 radical (unpaired) electrons. The molecule has 5 nitrogen and oxygen atoms in total. The summed E-state index contributed by atoms with van der Waals surface area (Å²) in [6, 6.07) is 2.65. The van der Waals surface area contributed by atoms with Gasteiger partial charge in [0, 0.05) is 25.1 Å². The Bertz CT molecular complexity index is 554. The van der Waals surface area contributed by atoms with Crippen LogP contribution in [0.5, 0.6) is 6.01 Å². The van der Waals surface area contributed by atoms with Crippen molar-refractivity contribution in [3.8, 4) is 6.01 Å². The minimum Gasteiger partial charge on any atom is -0.467 e. The molecule has 3 atom stereocenters. The SMILES string of the molecule is COc1nc(C2CC3C=CC2C3)cc(N2CCOCC2)n1. The highest BCUT2D eigenvalue weighted by atomic mass is 16.5. The van der Waals surface area contributed by atoms with Crippen LogP contribution in [0.2, 0.25) is 0 Å². The number of methoxy groups -OCH3 is 1. The second-order valence-electron chi connectivity index (χ2n) is 6.12. The van der Waals surface area contributed by atoms with Gasteiger partial charge in [-0.3, -0.25) is 0 Å². The van der Waals surface area contributed by atoms with Gasteiger partial charge in [0.05, 0.1) is 26.0 Å². The van der Waals surface area contributed by atoms with E-state index in [1.54, 1.807) is 7.11 Å². The monoisotopic (exact) mass is 287 g/mol. The lowest BCUT2D eigenvalue weighted by molar-refractivity contribution is 0.122. The second kappa shape index (κ2) is 5.30. The van der Waals surface area contributed by atoms with Crippen molar-refractivity contribution in [2.45, 2.75) is 18.8 Å². The van der Waals surface area contributed by atoms with Gasteiger partial charge in [0.2, 0.25) is 0 Å². The Kier molecular flexibility index (Phi) is 3.30. The molecule has 2 aliphatic carbocycles. The first kappa shape index (κ1) is 13.1. The van der Waals surface area contributed by atoms with E-state index in [1.807, 2.05) is 0 Å². The highest BCUT2D eigenvalue weighted by Gasteiger charge is 2.37. The maximum Gasteiger partial charge on any atom is 0.318 e. The van der Waals surface area contributed by atoms with E-state index in [9.17, 15) is 0 Å². The van der Waals surface area contributed by atoms with Crippen molar-refractivity contribution in [3.63, 3.8) is 0 Å². The maximum absolute atomic E-state index is 5.42. The molecule has 4 rings (SSSR count). The van der Waals surface area contributed by atoms with E-state index >= 15 is 0 Å². The summed E-state index contributed by atoms with van der Waals surface area (Å²) in [5, 5.41) is 0. The number of ether oxygens (including phenoxy) is 2. The van der Waals surface area contributed by atoms with Gasteiger partial charge in [-0.25, -0.2) is 0 Å². The molecule has 5 heteroatoms. The third-order valence-electron chi connectivity index (χ3n) is 4.89. The molecule has 1 aromatic rings. The average Bonchev–Trinajstić information content (AvgIpc) is 3.18. The van der Waals surface area contributed by atoms with Crippen molar-refractivity contribution in [1.82, 2.24) is 9.97 Å². The van der Waals surface area contributed by atoms with Crippen molar-refractivity contribution in [3.05, 3.63) is 23.9 Å². The summed E-state index contributed by atoms with van der Waals surface area (Å²) in [6.07, 6.45) is 7.22. The standard InChI is InChI=1S/C16H21N3O2/c1-20-16-17-14(13-9-11-2-3-12(13)8-11)10-15(18-16)19-4-6-21-7-5-19/h2-3,10-13H,4-9H2,1H3. The van der Waals surface area contributed by atoms with Crippen LogP contribution in [0.15, 0.2) is 18.2 Å². The van der Waals surface area contributed by atoms with Gasteiger partial charge in [0.25, 0.3) is 0 Å². The van der Waals surface area contributed by atoms with E-state index in [4.69, 9.17) is 9.47 Å². The Balaban J connectivity index is 1.65. The number of fused-ring (bicyclic) bond motifs is 2. The number of rotatable bonds is 3. The van der Waals surface area contributed by atoms with Gasteiger partial charge in [-0.1, -0.05) is 12.2 Å². The zero-order valence-corrected chi connectivity index (χ0v) is 12.4. The van der Waals surface area contributed by atoms with Gasteiger partial charge in [0.15, 0.2) is 0 Å². The van der Waals surface area contributed by atoms with Crippen LogP contribution in [0.1, 0.15) is 24.5 Å². The molecule has 2 heterocycles. The van der Waals surface area contributed by atoms with Crippen LogP contribution < -0.4 is 9.64 Å². The Morgan fingerprint density at radius 3 is 2.71 bits per heavy atom. The minimum absolute atomic E-state index is 0.487. The smallest absolute Gasteiger partial charge is 0.318 e. The molecule has 1 aliphatic heterocycles. The van der Waals surface area contributed by atoms with E-state index in [0.717, 1.165) is 43.7 Å². The maximum atomic E-state index is 5.42. The predicted octanol–water partition coefficient (Wildman–Crippen LogP) is 2.00. The number of hydrogen-bond donors (Lipinski definition) is 0. The first-order chi connectivity index (χ1) is 10.3. The lowest BCUT2D eigenvalue weighted by Crippen LogP contribution is -2.37. The number of morpholine rings is 1. The fourth-order valence-corrected chi connectivity index (χ4v) is 3.79. The highest BCUT2D eigenvalue weighted by molar-refractivity contribution is 5.43. The van der Waals surface area contributed by atoms with Gasteiger partial charge in [-0.05, 0) is 24.7 Å². The summed E-state index contributed by atoms with van der Waals surface area (Å²) in [7, 11) is 1.64. The number of anilines is 1. The normalized spacial score (nSPS) is 30.9. The third kappa shape index (κ3) is 2.39. The molecule has 0 spiro atoms. The molecule has 21 heavy (non-hydrogen) atoms. The van der Waals surface area contributed by atoms with Crippen LogP contribution in [0, 0.1) is 11.8 Å². The van der Waals surface area contributed by atoms with Crippen molar-refractivity contribution < 1.29 is 9.47 Å². The lowest BCUT2D eigenvalue weighted by Gasteiger charge is -2.29. The Morgan fingerprint density at radius 1 is 1.19 bits per heavy atom. The molecular formula is C16H21N3O2. The lowest BCUT2D eigenvalue weighted by atomic mass is 9.90. The fraction of sp³-hybridized carbons (Fsp3) is 0.625. The third-order valence-corrected chi connectivity index (χ3v) is 4.89. The van der Waals surface area contributed by atoms with Crippen LogP contribution in [-0.4, -0.2) is 43.4 Å². The van der Waals surface area contributed by atoms with E-state index in [2.05, 4.69) is 33.1 Å². The van der Waals surface area contributed by atoms with E-state index < -0.39 is 0 Å². The molecule has 0 N–H and O–H groups in total. The van der Waals surface area contributed by atoms with Gasteiger partial charge < -0.3 is 14.4 Å². The fourth-order valence-electron chi connectivity index (χ4n) is 3.79. The molecule has 1 aromatic heterocycles. The van der Waals surface area contributed by atoms with Gasteiger partial charge in [-0.2, -0.15) is 9.97 Å². The topological polar surface area (TPSA) is 47.5 Å². The molecule has 112 valence electrons. The molecule has 2 bridgehead atoms. The summed E-state index contributed by atoms with van der Waals surface area (Å²) < 4.78 is 10.8. The van der Waals surface area contributed by atoms with Crippen LogP contribution in [0.4, 0.5) is 5.82 Å². The summed E-state index contributed by atoms with van der Waals surface area (Å²) in [5.74, 6) is 2.89. The molecule has 1 saturated carbocycles. The van der Waals surface area contributed by atoms with Crippen LogP contribution >= 0.6 is 0 Å². The molecule has 1 saturated heterocycles. The average molecular weight is 287 g/mol. The van der Waals surface area contributed by atoms with Gasteiger partial charge in [-0.15, -0.1) is 0 Å². The first-order valence-corrected chi connectivity index (χ1v) is 7.77. The highest BCUT2D eigenvalue weighted by Crippen LogP contribution is 2.48. The molecule has 3 unspecified atom stereocenters. The molecule has 2 fully saturated rings. The summed E-state index contributed by atoms with van der Waals surface area (Å²) in [6.45, 7) is 3.30. The molecule has 0 aromatic carbocycles. The van der Waals surface area contributed by atoms with Crippen molar-refractivity contribution in [2.24, 2.45) is 11.8 Å². The van der Waals surface area contributed by atoms with Crippen molar-refractivity contribution in [2.75, 3.05) is 38.3 Å². The zero-order valence-electron chi connectivity index (χ0n) is 12.4. The zero-order chi connectivity index (χ0) is 14.2. The Morgan fingerprint density at radius 2 is 2.05 bits per heavy atom. The minimum atomic E-state index is 0.487. The number of aromatic nitrogens is 2. The largest absolute Gasteiger partial charge is 0.467 e. The summed E-state index contributed by atoms with van der Waals surface area (Å²) >= 11 is 0. The number of hydrogen-bond acceptors (Lipinski definition) is 5. The predicted molar refractivity (Wildman–Crippen MR) is 79.7 cm³/mol. The van der Waals surface area contributed by atoms with E-state index in [0.29, 0.717) is 17.8 Å². The Labute approximate surface area is 125 Å². The van der Waals surface area contributed by atoms with Crippen LogP contribution in [-0.2, 0) is 4.74 Å². The molecule has 3 aliphatic rings. The van der Waals surface area contributed by atoms with Crippen LogP contribution in [0.25, 0.3) is 0 Å². The van der Waals surface area contributed by atoms with Crippen molar-refractivity contribution >= 4 is 5.82 Å². The van der Waals surface area contributed by atoms with Gasteiger partial charge in [0.1, 0.15) is 5.82 Å². The van der Waals surface area contributed by atoms with Crippen LogP contribution in [0.3, 0.4) is 0 Å². The number of nitrogens with zero attached hydrogens (tertiary/aromatic N) is 3. The molecule has 0 amide bonds. The summed E-state index contributed by atoms with van der Waals surface area (Å²) in [4.78, 5) is 11.4. The Hall–Kier alpha value is -1.62. The number of allylic oxidation sites excluding steroid dienone is 2.